The Kier molecular flexibility index (Phi) is 13.4. The SMILES string of the molecule is CCCCCCCC(CCCCCC)C(=O)CCl. The molecule has 0 bridgehead atoms. The van der Waals surface area contributed by atoms with E-state index in [0.29, 0.717) is 0 Å². The number of unbranched alkanes of at least 4 members (excludes halogenated alkanes) is 7. The van der Waals surface area contributed by atoms with E-state index in [9.17, 15) is 4.79 Å². The summed E-state index contributed by atoms with van der Waals surface area (Å²) in [4.78, 5) is 11.8. The largest absolute Gasteiger partial charge is 0.298 e. The van der Waals surface area contributed by atoms with Crippen LogP contribution in [-0.2, 0) is 4.79 Å². The van der Waals surface area contributed by atoms with Crippen LogP contribution >= 0.6 is 11.6 Å². The third-order valence-corrected chi connectivity index (χ3v) is 3.91. The molecule has 18 heavy (non-hydrogen) atoms. The Bertz CT molecular complexity index is 192. The first-order valence-electron chi connectivity index (χ1n) is 7.84. The van der Waals surface area contributed by atoms with Gasteiger partial charge in [0.25, 0.3) is 0 Å². The Morgan fingerprint density at radius 1 is 0.833 bits per heavy atom. The summed E-state index contributed by atoms with van der Waals surface area (Å²) in [5.41, 5.74) is 0. The molecular weight excluding hydrogens is 244 g/mol. The van der Waals surface area contributed by atoms with E-state index in [0.717, 1.165) is 12.8 Å². The van der Waals surface area contributed by atoms with Crippen LogP contribution in [0.25, 0.3) is 0 Å². The Labute approximate surface area is 119 Å². The van der Waals surface area contributed by atoms with Gasteiger partial charge in [-0.1, -0.05) is 71.6 Å². The van der Waals surface area contributed by atoms with Gasteiger partial charge in [0, 0.05) is 5.92 Å². The van der Waals surface area contributed by atoms with E-state index in [2.05, 4.69) is 13.8 Å². The van der Waals surface area contributed by atoms with Gasteiger partial charge in [-0.3, -0.25) is 4.79 Å². The number of carbonyl (C=O) groups is 1. The number of rotatable bonds is 13. The summed E-state index contributed by atoms with van der Waals surface area (Å²) in [7, 11) is 0. The number of carbonyl (C=O) groups excluding carboxylic acids is 1. The van der Waals surface area contributed by atoms with Crippen molar-refractivity contribution < 1.29 is 4.79 Å². The maximum atomic E-state index is 11.8. The van der Waals surface area contributed by atoms with E-state index in [1.165, 1.54) is 57.8 Å². The van der Waals surface area contributed by atoms with Crippen LogP contribution in [0.3, 0.4) is 0 Å². The number of ketones is 1. The van der Waals surface area contributed by atoms with Crippen molar-refractivity contribution in [1.29, 1.82) is 0 Å². The average Bonchev–Trinajstić information content (AvgIpc) is 2.40. The molecule has 0 aliphatic carbocycles. The molecule has 1 unspecified atom stereocenters. The van der Waals surface area contributed by atoms with Crippen molar-refractivity contribution in [3.8, 4) is 0 Å². The summed E-state index contributed by atoms with van der Waals surface area (Å²) >= 11 is 5.70. The van der Waals surface area contributed by atoms with Gasteiger partial charge in [0.2, 0.25) is 0 Å². The smallest absolute Gasteiger partial charge is 0.150 e. The standard InChI is InChI=1S/C16H31ClO/c1-3-5-7-9-11-13-15(16(18)14-17)12-10-8-6-4-2/h15H,3-14H2,1-2H3. The van der Waals surface area contributed by atoms with Gasteiger partial charge in [0.05, 0.1) is 5.88 Å². The van der Waals surface area contributed by atoms with Crippen LogP contribution in [0, 0.1) is 5.92 Å². The highest BCUT2D eigenvalue weighted by atomic mass is 35.5. The monoisotopic (exact) mass is 274 g/mol. The zero-order valence-corrected chi connectivity index (χ0v) is 13.1. The number of halogens is 1. The first-order valence-corrected chi connectivity index (χ1v) is 8.38. The molecule has 0 aliphatic rings. The molecule has 0 aromatic carbocycles. The molecule has 0 fully saturated rings. The fourth-order valence-corrected chi connectivity index (χ4v) is 2.61. The molecule has 2 heteroatoms. The molecule has 0 rings (SSSR count). The quantitative estimate of drug-likeness (QED) is 0.309. The van der Waals surface area contributed by atoms with Crippen LogP contribution in [0.2, 0.25) is 0 Å². The highest BCUT2D eigenvalue weighted by molar-refractivity contribution is 6.27. The number of hydrogen-bond acceptors (Lipinski definition) is 1. The minimum atomic E-state index is 0.202. The molecule has 1 nitrogen and oxygen atoms in total. The van der Waals surface area contributed by atoms with Crippen molar-refractivity contribution in [2.24, 2.45) is 5.92 Å². The molecule has 1 atom stereocenters. The van der Waals surface area contributed by atoms with Crippen LogP contribution in [0.15, 0.2) is 0 Å². The lowest BCUT2D eigenvalue weighted by Crippen LogP contribution is -2.16. The van der Waals surface area contributed by atoms with Crippen molar-refractivity contribution in [3.63, 3.8) is 0 Å². The zero-order valence-electron chi connectivity index (χ0n) is 12.3. The topological polar surface area (TPSA) is 17.1 Å². The number of alkyl halides is 1. The van der Waals surface area contributed by atoms with Crippen LogP contribution < -0.4 is 0 Å². The zero-order chi connectivity index (χ0) is 13.6. The van der Waals surface area contributed by atoms with Gasteiger partial charge in [-0.05, 0) is 12.8 Å². The first kappa shape index (κ1) is 18.0. The van der Waals surface area contributed by atoms with Crippen LogP contribution in [0.5, 0.6) is 0 Å². The van der Waals surface area contributed by atoms with Gasteiger partial charge in [-0.25, -0.2) is 0 Å². The van der Waals surface area contributed by atoms with Gasteiger partial charge in [-0.2, -0.15) is 0 Å². The maximum Gasteiger partial charge on any atom is 0.150 e. The van der Waals surface area contributed by atoms with E-state index in [1.807, 2.05) is 0 Å². The van der Waals surface area contributed by atoms with Crippen molar-refractivity contribution in [3.05, 3.63) is 0 Å². The maximum absolute atomic E-state index is 11.8. The van der Waals surface area contributed by atoms with Crippen LogP contribution in [-0.4, -0.2) is 11.7 Å². The summed E-state index contributed by atoms with van der Waals surface area (Å²) in [5.74, 6) is 0.706. The second-order valence-corrected chi connectivity index (χ2v) is 5.62. The predicted molar refractivity (Wildman–Crippen MR) is 81.4 cm³/mol. The number of Topliss-reactive ketones (excluding diaryl/α,β-unsaturated/α-hetero) is 1. The summed E-state index contributed by atoms with van der Waals surface area (Å²) in [6, 6.07) is 0. The predicted octanol–water partition coefficient (Wildman–Crippen LogP) is 5.74. The van der Waals surface area contributed by atoms with Crippen molar-refractivity contribution >= 4 is 17.4 Å². The van der Waals surface area contributed by atoms with Gasteiger partial charge in [0.1, 0.15) is 0 Å². The minimum absolute atomic E-state index is 0.202. The Morgan fingerprint density at radius 2 is 1.28 bits per heavy atom. The first-order chi connectivity index (χ1) is 8.76. The van der Waals surface area contributed by atoms with E-state index in [1.54, 1.807) is 0 Å². The molecule has 0 amide bonds. The molecule has 0 aliphatic heterocycles. The van der Waals surface area contributed by atoms with Crippen LogP contribution in [0.1, 0.15) is 84.5 Å². The fraction of sp³-hybridized carbons (Fsp3) is 0.938. The highest BCUT2D eigenvalue weighted by Crippen LogP contribution is 2.20. The van der Waals surface area contributed by atoms with Gasteiger partial charge >= 0.3 is 0 Å². The highest BCUT2D eigenvalue weighted by Gasteiger charge is 2.16. The lowest BCUT2D eigenvalue weighted by Gasteiger charge is -2.14. The molecule has 0 saturated carbocycles. The minimum Gasteiger partial charge on any atom is -0.298 e. The second kappa shape index (κ2) is 13.4. The Balaban J connectivity index is 3.74. The fourth-order valence-electron chi connectivity index (χ4n) is 2.39. The lowest BCUT2D eigenvalue weighted by molar-refractivity contribution is -0.120. The van der Waals surface area contributed by atoms with Crippen LogP contribution in [0.4, 0.5) is 0 Å². The van der Waals surface area contributed by atoms with Gasteiger partial charge in [-0.15, -0.1) is 11.6 Å². The molecular formula is C16H31ClO. The van der Waals surface area contributed by atoms with E-state index in [-0.39, 0.29) is 17.6 Å². The summed E-state index contributed by atoms with van der Waals surface area (Å²) in [5, 5.41) is 0. The average molecular weight is 275 g/mol. The molecule has 0 heterocycles. The molecule has 0 aromatic heterocycles. The third-order valence-electron chi connectivity index (χ3n) is 3.65. The molecule has 108 valence electrons. The van der Waals surface area contributed by atoms with Gasteiger partial charge < -0.3 is 0 Å². The lowest BCUT2D eigenvalue weighted by atomic mass is 9.91. The molecule has 0 N–H and O–H groups in total. The van der Waals surface area contributed by atoms with E-state index < -0.39 is 0 Å². The molecule has 0 spiro atoms. The van der Waals surface area contributed by atoms with Crippen molar-refractivity contribution in [1.82, 2.24) is 0 Å². The van der Waals surface area contributed by atoms with Crippen molar-refractivity contribution in [2.75, 3.05) is 5.88 Å². The summed E-state index contributed by atoms with van der Waals surface area (Å²) in [6.07, 6.45) is 13.5. The molecule has 0 radical (unpaired) electrons. The number of hydrogen-bond donors (Lipinski definition) is 0. The molecule has 0 aromatic rings. The van der Waals surface area contributed by atoms with E-state index >= 15 is 0 Å². The van der Waals surface area contributed by atoms with E-state index in [4.69, 9.17) is 11.6 Å². The normalized spacial score (nSPS) is 12.6. The summed E-state index contributed by atoms with van der Waals surface area (Å²) < 4.78 is 0. The van der Waals surface area contributed by atoms with Crippen molar-refractivity contribution in [2.45, 2.75) is 84.5 Å². The Hall–Kier alpha value is -0.0400. The Morgan fingerprint density at radius 3 is 1.72 bits per heavy atom. The third kappa shape index (κ3) is 9.94. The summed E-state index contributed by atoms with van der Waals surface area (Å²) in [6.45, 7) is 4.45. The van der Waals surface area contributed by atoms with Gasteiger partial charge in [0.15, 0.2) is 5.78 Å². The molecule has 0 saturated heterocycles. The second-order valence-electron chi connectivity index (χ2n) is 5.35.